The van der Waals surface area contributed by atoms with Crippen LogP contribution in [0.2, 0.25) is 0 Å². The lowest BCUT2D eigenvalue weighted by atomic mass is 9.94. The maximum Gasteiger partial charge on any atom is 0.300 e. The van der Waals surface area contributed by atoms with Crippen molar-refractivity contribution in [3.63, 3.8) is 0 Å². The summed E-state index contributed by atoms with van der Waals surface area (Å²) >= 11 is 0. The van der Waals surface area contributed by atoms with Crippen molar-refractivity contribution in [1.29, 1.82) is 0 Å². The van der Waals surface area contributed by atoms with Crippen molar-refractivity contribution >= 4 is 28.8 Å². The molecule has 1 unspecified atom stereocenters. The highest BCUT2D eigenvalue weighted by atomic mass is 16.5. The highest BCUT2D eigenvalue weighted by molar-refractivity contribution is 6.51. The van der Waals surface area contributed by atoms with Gasteiger partial charge in [0, 0.05) is 31.0 Å². The van der Waals surface area contributed by atoms with Gasteiger partial charge in [-0.2, -0.15) is 0 Å². The maximum absolute atomic E-state index is 13.3. The van der Waals surface area contributed by atoms with E-state index in [1.807, 2.05) is 81.4 Å². The fraction of sp³-hybridized carbons (Fsp3) is 0.241. The topological polar surface area (TPSA) is 70.1 Å². The molecule has 1 aliphatic rings. The zero-order chi connectivity index (χ0) is 25.1. The molecule has 180 valence electrons. The molecular weight excluding hydrogens is 440 g/mol. The molecule has 1 aliphatic heterocycles. The average Bonchev–Trinajstić information content (AvgIpc) is 3.13. The Morgan fingerprint density at radius 2 is 1.69 bits per heavy atom. The first-order chi connectivity index (χ1) is 16.8. The van der Waals surface area contributed by atoms with Crippen LogP contribution in [0, 0.1) is 6.92 Å². The van der Waals surface area contributed by atoms with Gasteiger partial charge in [0.2, 0.25) is 0 Å². The van der Waals surface area contributed by atoms with Crippen LogP contribution in [-0.2, 0) is 9.59 Å². The fourth-order valence-corrected chi connectivity index (χ4v) is 4.18. The van der Waals surface area contributed by atoms with Crippen molar-refractivity contribution in [3.05, 3.63) is 95.1 Å². The molecule has 3 aromatic rings. The van der Waals surface area contributed by atoms with E-state index in [2.05, 4.69) is 0 Å². The van der Waals surface area contributed by atoms with Gasteiger partial charge in [-0.3, -0.25) is 14.5 Å². The fourth-order valence-electron chi connectivity index (χ4n) is 4.18. The van der Waals surface area contributed by atoms with Crippen LogP contribution >= 0.6 is 0 Å². The van der Waals surface area contributed by atoms with E-state index in [0.717, 1.165) is 23.2 Å². The van der Waals surface area contributed by atoms with Gasteiger partial charge in [-0.1, -0.05) is 48.9 Å². The van der Waals surface area contributed by atoms with Gasteiger partial charge in [0.05, 0.1) is 18.2 Å². The number of nitrogens with zero attached hydrogens (tertiary/aromatic N) is 2. The highest BCUT2D eigenvalue weighted by Gasteiger charge is 2.47. The van der Waals surface area contributed by atoms with Gasteiger partial charge in [0.1, 0.15) is 11.5 Å². The van der Waals surface area contributed by atoms with Crippen LogP contribution in [0.3, 0.4) is 0 Å². The lowest BCUT2D eigenvalue weighted by Gasteiger charge is -2.26. The van der Waals surface area contributed by atoms with Crippen LogP contribution < -0.4 is 14.5 Å². The van der Waals surface area contributed by atoms with Crippen molar-refractivity contribution in [3.8, 4) is 5.75 Å². The van der Waals surface area contributed by atoms with Crippen molar-refractivity contribution in [1.82, 2.24) is 0 Å². The predicted octanol–water partition coefficient (Wildman–Crippen LogP) is 5.48. The number of aliphatic hydroxyl groups is 1. The van der Waals surface area contributed by atoms with E-state index >= 15 is 0 Å². The minimum Gasteiger partial charge on any atom is -0.507 e. The number of carbonyl (C=O) groups excluding carboxylic acids is 2. The molecule has 0 bridgehead atoms. The molecule has 0 saturated carbocycles. The molecule has 0 spiro atoms. The summed E-state index contributed by atoms with van der Waals surface area (Å²) in [7, 11) is 3.89. The first-order valence-corrected chi connectivity index (χ1v) is 11.7. The second kappa shape index (κ2) is 10.1. The standard InChI is InChI=1S/C29H30N2O4/c1-5-17-35-24-8-6-7-21(18-24)27(32)25-26(20-11-15-22(16-12-20)30(3)4)31(29(34)28(25)33)23-13-9-19(2)10-14-23/h6-16,18,26,32H,5,17H2,1-4H3/b27-25-. The lowest BCUT2D eigenvalue weighted by molar-refractivity contribution is -0.132. The summed E-state index contributed by atoms with van der Waals surface area (Å²) in [5.41, 5.74) is 3.84. The molecule has 3 aromatic carbocycles. The maximum atomic E-state index is 13.3. The monoisotopic (exact) mass is 470 g/mol. The molecule has 1 atom stereocenters. The summed E-state index contributed by atoms with van der Waals surface area (Å²) in [6.45, 7) is 4.52. The van der Waals surface area contributed by atoms with Gasteiger partial charge in [-0.05, 0) is 55.3 Å². The van der Waals surface area contributed by atoms with E-state index in [1.165, 1.54) is 4.90 Å². The normalized spacial score (nSPS) is 17.0. The minimum absolute atomic E-state index is 0.0563. The Hall–Kier alpha value is -4.06. The molecular formula is C29H30N2O4. The Morgan fingerprint density at radius 3 is 2.31 bits per heavy atom. The summed E-state index contributed by atoms with van der Waals surface area (Å²) in [4.78, 5) is 30.1. The number of aryl methyl sites for hydroxylation is 1. The van der Waals surface area contributed by atoms with Gasteiger partial charge < -0.3 is 14.7 Å². The second-order valence-electron chi connectivity index (χ2n) is 8.87. The molecule has 1 N–H and O–H groups in total. The van der Waals surface area contributed by atoms with Crippen LogP contribution in [0.1, 0.15) is 36.1 Å². The van der Waals surface area contributed by atoms with Crippen molar-refractivity contribution in [2.45, 2.75) is 26.3 Å². The van der Waals surface area contributed by atoms with Crippen molar-refractivity contribution < 1.29 is 19.4 Å². The van der Waals surface area contributed by atoms with Gasteiger partial charge in [0.15, 0.2) is 0 Å². The number of Topliss-reactive ketones (excluding diaryl/α,β-unsaturated/α-hetero) is 1. The Morgan fingerprint density at radius 1 is 1.00 bits per heavy atom. The Kier molecular flexibility index (Phi) is 6.92. The predicted molar refractivity (Wildman–Crippen MR) is 139 cm³/mol. The third-order valence-corrected chi connectivity index (χ3v) is 6.06. The van der Waals surface area contributed by atoms with E-state index in [1.54, 1.807) is 24.3 Å². The Bertz CT molecular complexity index is 1260. The van der Waals surface area contributed by atoms with E-state index in [9.17, 15) is 14.7 Å². The van der Waals surface area contributed by atoms with Gasteiger partial charge in [-0.15, -0.1) is 0 Å². The van der Waals surface area contributed by atoms with E-state index < -0.39 is 17.7 Å². The molecule has 1 saturated heterocycles. The zero-order valence-electron chi connectivity index (χ0n) is 20.5. The van der Waals surface area contributed by atoms with Crippen molar-refractivity contribution in [2.75, 3.05) is 30.5 Å². The van der Waals surface area contributed by atoms with Crippen LogP contribution in [0.5, 0.6) is 5.75 Å². The molecule has 0 aromatic heterocycles. The number of rotatable bonds is 7. The van der Waals surface area contributed by atoms with E-state index in [-0.39, 0.29) is 11.3 Å². The van der Waals surface area contributed by atoms with Crippen molar-refractivity contribution in [2.24, 2.45) is 0 Å². The second-order valence-corrected chi connectivity index (χ2v) is 8.87. The van der Waals surface area contributed by atoms with Gasteiger partial charge in [0.25, 0.3) is 11.7 Å². The number of ether oxygens (including phenoxy) is 1. The number of ketones is 1. The highest BCUT2D eigenvalue weighted by Crippen LogP contribution is 2.42. The van der Waals surface area contributed by atoms with Crippen LogP contribution in [-0.4, -0.2) is 37.5 Å². The Balaban J connectivity index is 1.87. The molecule has 6 nitrogen and oxygen atoms in total. The molecule has 1 amide bonds. The number of hydrogen-bond donors (Lipinski definition) is 1. The average molecular weight is 471 g/mol. The quantitative estimate of drug-likeness (QED) is 0.281. The molecule has 6 heteroatoms. The van der Waals surface area contributed by atoms with E-state index in [4.69, 9.17) is 4.74 Å². The summed E-state index contributed by atoms with van der Waals surface area (Å²) < 4.78 is 5.70. The zero-order valence-corrected chi connectivity index (χ0v) is 20.5. The smallest absolute Gasteiger partial charge is 0.300 e. The van der Waals surface area contributed by atoms with Crippen LogP contribution in [0.25, 0.3) is 5.76 Å². The number of hydrogen-bond acceptors (Lipinski definition) is 5. The van der Waals surface area contributed by atoms with E-state index in [0.29, 0.717) is 23.6 Å². The summed E-state index contributed by atoms with van der Waals surface area (Å²) in [6, 6.07) is 21.3. The number of aliphatic hydroxyl groups excluding tert-OH is 1. The SMILES string of the molecule is CCCOc1cccc(/C(O)=C2/C(=O)C(=O)N(c3ccc(C)cc3)C2c2ccc(N(C)C)cc2)c1. The number of carbonyl (C=O) groups is 2. The lowest BCUT2D eigenvalue weighted by Crippen LogP contribution is -2.29. The number of anilines is 2. The molecule has 1 fully saturated rings. The molecule has 1 heterocycles. The summed E-state index contributed by atoms with van der Waals surface area (Å²) in [5.74, 6) is -1.02. The summed E-state index contributed by atoms with van der Waals surface area (Å²) in [6.07, 6.45) is 0.848. The first kappa shape index (κ1) is 24.1. The van der Waals surface area contributed by atoms with Gasteiger partial charge in [-0.25, -0.2) is 0 Å². The molecule has 4 rings (SSSR count). The molecule has 0 radical (unpaired) electrons. The minimum atomic E-state index is -0.769. The number of benzene rings is 3. The van der Waals surface area contributed by atoms with Crippen LogP contribution in [0.15, 0.2) is 78.4 Å². The molecule has 35 heavy (non-hydrogen) atoms. The third kappa shape index (κ3) is 4.78. The van der Waals surface area contributed by atoms with Crippen LogP contribution in [0.4, 0.5) is 11.4 Å². The first-order valence-electron chi connectivity index (χ1n) is 11.7. The number of amides is 1. The Labute approximate surface area is 206 Å². The van der Waals surface area contributed by atoms with Gasteiger partial charge >= 0.3 is 0 Å². The largest absolute Gasteiger partial charge is 0.507 e. The third-order valence-electron chi connectivity index (χ3n) is 6.06. The summed E-state index contributed by atoms with van der Waals surface area (Å²) in [5, 5.41) is 11.4. The molecule has 0 aliphatic carbocycles.